The van der Waals surface area contributed by atoms with E-state index in [0.29, 0.717) is 11.2 Å². The second-order valence-electron chi connectivity index (χ2n) is 6.81. The van der Waals surface area contributed by atoms with E-state index in [2.05, 4.69) is 16.3 Å². The molecule has 94 valence electrons. The molecule has 0 radical (unpaired) electrons. The molecule has 0 amide bonds. The van der Waals surface area contributed by atoms with Crippen molar-refractivity contribution in [1.82, 2.24) is 14.8 Å². The SMILES string of the molecule is N#Cc1nncn1CC12CC3CC(CC(C3)C1)C2. The van der Waals surface area contributed by atoms with Crippen molar-refractivity contribution in [1.29, 1.82) is 5.26 Å². The Labute approximate surface area is 107 Å². The van der Waals surface area contributed by atoms with Crippen LogP contribution in [0, 0.1) is 34.5 Å². The maximum Gasteiger partial charge on any atom is 0.234 e. The van der Waals surface area contributed by atoms with E-state index in [0.717, 1.165) is 24.3 Å². The summed E-state index contributed by atoms with van der Waals surface area (Å²) >= 11 is 0. The molecule has 0 atom stereocenters. The topological polar surface area (TPSA) is 54.5 Å². The molecule has 5 rings (SSSR count). The van der Waals surface area contributed by atoms with Gasteiger partial charge in [-0.3, -0.25) is 0 Å². The zero-order valence-corrected chi connectivity index (χ0v) is 10.5. The molecule has 0 spiro atoms. The fraction of sp³-hybridized carbons (Fsp3) is 0.786. The Morgan fingerprint density at radius 3 is 2.39 bits per heavy atom. The molecule has 1 aromatic rings. The van der Waals surface area contributed by atoms with Gasteiger partial charge in [-0.15, -0.1) is 10.2 Å². The Bertz CT molecular complexity index is 475. The Kier molecular flexibility index (Phi) is 2.09. The van der Waals surface area contributed by atoms with Gasteiger partial charge in [-0.1, -0.05) is 0 Å². The Balaban J connectivity index is 1.63. The zero-order chi connectivity index (χ0) is 12.2. The quantitative estimate of drug-likeness (QED) is 0.800. The molecule has 18 heavy (non-hydrogen) atoms. The Morgan fingerprint density at radius 2 is 1.83 bits per heavy atom. The Hall–Kier alpha value is -1.37. The number of hydrogen-bond donors (Lipinski definition) is 0. The summed E-state index contributed by atoms with van der Waals surface area (Å²) in [6.45, 7) is 0.965. The van der Waals surface area contributed by atoms with E-state index in [1.807, 2.05) is 4.57 Å². The van der Waals surface area contributed by atoms with Gasteiger partial charge in [-0.25, -0.2) is 0 Å². The minimum Gasteiger partial charge on any atom is -0.305 e. The summed E-state index contributed by atoms with van der Waals surface area (Å²) in [6, 6.07) is 2.15. The molecule has 4 bridgehead atoms. The lowest BCUT2D eigenvalue weighted by molar-refractivity contribution is -0.0620. The summed E-state index contributed by atoms with van der Waals surface area (Å²) in [5, 5.41) is 16.8. The lowest BCUT2D eigenvalue weighted by Gasteiger charge is -2.56. The van der Waals surface area contributed by atoms with Gasteiger partial charge >= 0.3 is 0 Å². The van der Waals surface area contributed by atoms with Gasteiger partial charge in [0, 0.05) is 6.54 Å². The highest BCUT2D eigenvalue weighted by molar-refractivity contribution is 5.10. The molecule has 4 fully saturated rings. The third kappa shape index (κ3) is 1.50. The smallest absolute Gasteiger partial charge is 0.234 e. The van der Waals surface area contributed by atoms with Crippen LogP contribution >= 0.6 is 0 Å². The molecule has 4 heteroatoms. The van der Waals surface area contributed by atoms with Crippen molar-refractivity contribution in [2.45, 2.75) is 45.1 Å². The summed E-state index contributed by atoms with van der Waals surface area (Å²) in [7, 11) is 0. The first-order valence-electron chi connectivity index (χ1n) is 7.04. The molecule has 0 N–H and O–H groups in total. The summed E-state index contributed by atoms with van der Waals surface area (Å²) in [5.74, 6) is 3.35. The average Bonchev–Trinajstić information content (AvgIpc) is 2.73. The van der Waals surface area contributed by atoms with Crippen LogP contribution in [0.3, 0.4) is 0 Å². The van der Waals surface area contributed by atoms with Gasteiger partial charge < -0.3 is 4.57 Å². The molecule has 4 nitrogen and oxygen atoms in total. The third-order valence-electron chi connectivity index (χ3n) is 5.39. The van der Waals surface area contributed by atoms with Crippen molar-refractivity contribution < 1.29 is 0 Å². The zero-order valence-electron chi connectivity index (χ0n) is 10.5. The normalized spacial score (nSPS) is 40.9. The summed E-state index contributed by atoms with van der Waals surface area (Å²) in [6.07, 6.45) is 10.2. The van der Waals surface area contributed by atoms with Crippen molar-refractivity contribution in [3.05, 3.63) is 12.2 Å². The number of nitriles is 1. The monoisotopic (exact) mass is 242 g/mol. The summed E-state index contributed by atoms with van der Waals surface area (Å²) < 4.78 is 1.98. The van der Waals surface area contributed by atoms with E-state index in [1.54, 1.807) is 6.33 Å². The predicted molar refractivity (Wildman–Crippen MR) is 65.3 cm³/mol. The van der Waals surface area contributed by atoms with Gasteiger partial charge in [0.05, 0.1) is 0 Å². The van der Waals surface area contributed by atoms with Crippen molar-refractivity contribution in [3.63, 3.8) is 0 Å². The fourth-order valence-corrected chi connectivity index (χ4v) is 5.30. The van der Waals surface area contributed by atoms with E-state index in [-0.39, 0.29) is 0 Å². The van der Waals surface area contributed by atoms with Crippen LogP contribution in [-0.4, -0.2) is 14.8 Å². The molecule has 4 aliphatic carbocycles. The minimum atomic E-state index is 0.447. The molecule has 1 heterocycles. The predicted octanol–water partition coefficient (Wildman–Crippen LogP) is 2.37. The summed E-state index contributed by atoms with van der Waals surface area (Å²) in [5.41, 5.74) is 0.447. The minimum absolute atomic E-state index is 0.447. The lowest BCUT2D eigenvalue weighted by atomic mass is 9.49. The van der Waals surface area contributed by atoms with Gasteiger partial charge in [0.2, 0.25) is 5.82 Å². The molecule has 4 aliphatic rings. The van der Waals surface area contributed by atoms with Gasteiger partial charge in [0.25, 0.3) is 0 Å². The van der Waals surface area contributed by atoms with E-state index in [4.69, 9.17) is 5.26 Å². The highest BCUT2D eigenvalue weighted by atomic mass is 15.3. The molecule has 4 saturated carbocycles. The van der Waals surface area contributed by atoms with Crippen LogP contribution < -0.4 is 0 Å². The molecule has 0 saturated heterocycles. The van der Waals surface area contributed by atoms with Crippen LogP contribution in [0.15, 0.2) is 6.33 Å². The van der Waals surface area contributed by atoms with Gasteiger partial charge in [0.15, 0.2) is 0 Å². The molecule has 1 aromatic heterocycles. The third-order valence-corrected chi connectivity index (χ3v) is 5.39. The maximum atomic E-state index is 9.05. The van der Waals surface area contributed by atoms with Crippen LogP contribution in [0.1, 0.15) is 44.3 Å². The van der Waals surface area contributed by atoms with Gasteiger partial charge in [-0.05, 0) is 61.7 Å². The number of rotatable bonds is 2. The number of aromatic nitrogens is 3. The first kappa shape index (κ1) is 10.5. The van der Waals surface area contributed by atoms with Crippen molar-refractivity contribution in [3.8, 4) is 6.07 Å². The second-order valence-corrected chi connectivity index (χ2v) is 6.81. The van der Waals surface area contributed by atoms with Crippen molar-refractivity contribution in [2.75, 3.05) is 0 Å². The van der Waals surface area contributed by atoms with E-state index >= 15 is 0 Å². The van der Waals surface area contributed by atoms with Crippen LogP contribution in [0.2, 0.25) is 0 Å². The maximum absolute atomic E-state index is 9.05. The molecule has 0 unspecified atom stereocenters. The highest BCUT2D eigenvalue weighted by Gasteiger charge is 2.50. The fourth-order valence-electron chi connectivity index (χ4n) is 5.30. The van der Waals surface area contributed by atoms with Crippen LogP contribution in [0.4, 0.5) is 0 Å². The van der Waals surface area contributed by atoms with E-state index < -0.39 is 0 Å². The lowest BCUT2D eigenvalue weighted by Crippen LogP contribution is -2.47. The molecular formula is C14H18N4. The summed E-state index contributed by atoms with van der Waals surface area (Å²) in [4.78, 5) is 0. The van der Waals surface area contributed by atoms with Crippen LogP contribution in [0.5, 0.6) is 0 Å². The van der Waals surface area contributed by atoms with Gasteiger partial charge in [0.1, 0.15) is 12.4 Å². The average molecular weight is 242 g/mol. The number of hydrogen-bond acceptors (Lipinski definition) is 3. The second kappa shape index (κ2) is 3.57. The first-order chi connectivity index (χ1) is 8.76. The standard InChI is InChI=1S/C14H18N4/c15-7-13-17-16-9-18(13)8-14-4-10-1-11(5-14)3-12(2-10)6-14/h9-12H,1-6,8H2. The van der Waals surface area contributed by atoms with E-state index in [9.17, 15) is 0 Å². The van der Waals surface area contributed by atoms with Crippen molar-refractivity contribution in [2.24, 2.45) is 23.2 Å². The van der Waals surface area contributed by atoms with Crippen LogP contribution in [-0.2, 0) is 6.54 Å². The number of nitrogens with zero attached hydrogens (tertiary/aromatic N) is 4. The Morgan fingerprint density at radius 1 is 1.22 bits per heavy atom. The van der Waals surface area contributed by atoms with E-state index in [1.165, 1.54) is 38.5 Å². The highest BCUT2D eigenvalue weighted by Crippen LogP contribution is 2.60. The molecular weight excluding hydrogens is 224 g/mol. The molecule has 0 aromatic carbocycles. The largest absolute Gasteiger partial charge is 0.305 e. The van der Waals surface area contributed by atoms with Crippen molar-refractivity contribution >= 4 is 0 Å². The molecule has 0 aliphatic heterocycles. The van der Waals surface area contributed by atoms with Gasteiger partial charge in [-0.2, -0.15) is 5.26 Å². The first-order valence-corrected chi connectivity index (χ1v) is 7.04. The van der Waals surface area contributed by atoms with Crippen LogP contribution in [0.25, 0.3) is 0 Å².